The van der Waals surface area contributed by atoms with Crippen LogP contribution >= 0.6 is 0 Å². The summed E-state index contributed by atoms with van der Waals surface area (Å²) in [6.45, 7) is 2.53. The van der Waals surface area contributed by atoms with Gasteiger partial charge < -0.3 is 10.3 Å². The summed E-state index contributed by atoms with van der Waals surface area (Å²) in [6, 6.07) is 3.37. The second-order valence-corrected chi connectivity index (χ2v) is 4.96. The Kier molecular flexibility index (Phi) is 3.50. The molecule has 0 aliphatic carbocycles. The normalized spacial score (nSPS) is 16.9. The molecule has 0 saturated heterocycles. The lowest BCUT2D eigenvalue weighted by Crippen LogP contribution is -2.39. The summed E-state index contributed by atoms with van der Waals surface area (Å²) >= 11 is 0. The predicted octanol–water partition coefficient (Wildman–Crippen LogP) is 1.68. The van der Waals surface area contributed by atoms with Crippen molar-refractivity contribution in [2.45, 2.75) is 19.1 Å². The first-order chi connectivity index (χ1) is 9.67. The number of benzene rings is 1. The molecule has 1 aromatic heterocycles. The van der Waals surface area contributed by atoms with Gasteiger partial charge in [-0.25, -0.2) is 13.8 Å². The van der Waals surface area contributed by atoms with Crippen LogP contribution in [0.3, 0.4) is 0 Å². The topological polar surface area (TPSA) is 47.1 Å². The van der Waals surface area contributed by atoms with Gasteiger partial charge in [0.15, 0.2) is 0 Å². The van der Waals surface area contributed by atoms with Crippen LogP contribution in [-0.4, -0.2) is 27.5 Å². The Hall–Kier alpha value is -1.79. The van der Waals surface area contributed by atoms with Gasteiger partial charge in [0.1, 0.15) is 17.5 Å². The number of hydrogen-bond acceptors (Lipinski definition) is 3. The SMILES string of the molecule is NCC(c1cc(F)cc(F)c1)N1CCn2ccnc2C1. The molecule has 6 heteroatoms. The minimum absolute atomic E-state index is 0.203. The summed E-state index contributed by atoms with van der Waals surface area (Å²) in [5, 5.41) is 0. The summed E-state index contributed by atoms with van der Waals surface area (Å²) in [6.07, 6.45) is 3.70. The molecule has 3 rings (SSSR count). The van der Waals surface area contributed by atoms with E-state index in [2.05, 4.69) is 14.5 Å². The van der Waals surface area contributed by atoms with Gasteiger partial charge in [-0.05, 0) is 17.7 Å². The van der Waals surface area contributed by atoms with Crippen molar-refractivity contribution in [1.82, 2.24) is 14.5 Å². The molecule has 20 heavy (non-hydrogen) atoms. The molecule has 0 spiro atoms. The molecule has 0 bridgehead atoms. The third-order valence-electron chi connectivity index (χ3n) is 3.71. The Bertz CT molecular complexity index is 591. The Balaban J connectivity index is 1.87. The Morgan fingerprint density at radius 3 is 2.65 bits per heavy atom. The fraction of sp³-hybridized carbons (Fsp3) is 0.357. The van der Waals surface area contributed by atoms with E-state index in [4.69, 9.17) is 5.73 Å². The monoisotopic (exact) mass is 278 g/mol. The molecule has 0 fully saturated rings. The number of hydrogen-bond donors (Lipinski definition) is 1. The maximum Gasteiger partial charge on any atom is 0.126 e. The highest BCUT2D eigenvalue weighted by Crippen LogP contribution is 2.25. The summed E-state index contributed by atoms with van der Waals surface area (Å²) in [7, 11) is 0. The third kappa shape index (κ3) is 2.44. The zero-order valence-electron chi connectivity index (χ0n) is 11.0. The van der Waals surface area contributed by atoms with Crippen molar-refractivity contribution in [2.24, 2.45) is 5.73 Å². The van der Waals surface area contributed by atoms with Gasteiger partial charge in [0.05, 0.1) is 6.54 Å². The molecular formula is C14H16F2N4. The van der Waals surface area contributed by atoms with Crippen molar-refractivity contribution >= 4 is 0 Å². The van der Waals surface area contributed by atoms with Gasteiger partial charge in [-0.1, -0.05) is 0 Å². The zero-order chi connectivity index (χ0) is 14.1. The van der Waals surface area contributed by atoms with Gasteiger partial charge in [-0.3, -0.25) is 4.90 Å². The molecular weight excluding hydrogens is 262 g/mol. The highest BCUT2D eigenvalue weighted by Gasteiger charge is 2.25. The van der Waals surface area contributed by atoms with Gasteiger partial charge in [-0.15, -0.1) is 0 Å². The van der Waals surface area contributed by atoms with E-state index in [0.717, 1.165) is 25.0 Å². The molecule has 4 nitrogen and oxygen atoms in total. The molecule has 0 amide bonds. The maximum absolute atomic E-state index is 13.4. The first-order valence-electron chi connectivity index (χ1n) is 6.57. The Labute approximate surface area is 115 Å². The standard InChI is InChI=1S/C14H16F2N4/c15-11-5-10(6-12(16)7-11)13(8-17)20-4-3-19-2-1-18-14(19)9-20/h1-2,5-7,13H,3-4,8-9,17H2. The number of nitrogens with zero attached hydrogens (tertiary/aromatic N) is 3. The van der Waals surface area contributed by atoms with Gasteiger partial charge in [-0.2, -0.15) is 0 Å². The van der Waals surface area contributed by atoms with Crippen molar-refractivity contribution < 1.29 is 8.78 Å². The first kappa shape index (κ1) is 13.2. The van der Waals surface area contributed by atoms with E-state index in [1.54, 1.807) is 6.20 Å². The average Bonchev–Trinajstić information content (AvgIpc) is 2.86. The van der Waals surface area contributed by atoms with Crippen LogP contribution in [-0.2, 0) is 13.1 Å². The molecule has 1 aliphatic rings. The second-order valence-electron chi connectivity index (χ2n) is 4.96. The van der Waals surface area contributed by atoms with E-state index in [-0.39, 0.29) is 6.04 Å². The van der Waals surface area contributed by atoms with Crippen LogP contribution in [0.1, 0.15) is 17.4 Å². The summed E-state index contributed by atoms with van der Waals surface area (Å²) in [5.41, 5.74) is 6.39. The van der Waals surface area contributed by atoms with Crippen LogP contribution in [0.4, 0.5) is 8.78 Å². The molecule has 2 aromatic rings. The quantitative estimate of drug-likeness (QED) is 0.929. The molecule has 106 valence electrons. The number of imidazole rings is 1. The van der Waals surface area contributed by atoms with Crippen LogP contribution in [0, 0.1) is 11.6 Å². The molecule has 1 unspecified atom stereocenters. The predicted molar refractivity (Wildman–Crippen MR) is 70.8 cm³/mol. The van der Waals surface area contributed by atoms with Crippen LogP contribution in [0.5, 0.6) is 0 Å². The molecule has 1 aromatic carbocycles. The van der Waals surface area contributed by atoms with Crippen molar-refractivity contribution in [2.75, 3.05) is 13.1 Å². The van der Waals surface area contributed by atoms with Crippen LogP contribution in [0.2, 0.25) is 0 Å². The van der Waals surface area contributed by atoms with Crippen LogP contribution in [0.25, 0.3) is 0 Å². The van der Waals surface area contributed by atoms with Crippen molar-refractivity contribution in [1.29, 1.82) is 0 Å². The minimum atomic E-state index is -0.572. The van der Waals surface area contributed by atoms with E-state index in [9.17, 15) is 8.78 Å². The third-order valence-corrected chi connectivity index (χ3v) is 3.71. The number of nitrogens with two attached hydrogens (primary N) is 1. The lowest BCUT2D eigenvalue weighted by Gasteiger charge is -2.34. The fourth-order valence-electron chi connectivity index (χ4n) is 2.72. The molecule has 2 heterocycles. The minimum Gasteiger partial charge on any atom is -0.333 e. The Morgan fingerprint density at radius 2 is 1.95 bits per heavy atom. The highest BCUT2D eigenvalue weighted by atomic mass is 19.1. The molecule has 0 radical (unpaired) electrons. The average molecular weight is 278 g/mol. The summed E-state index contributed by atoms with van der Waals surface area (Å²) < 4.78 is 28.8. The molecule has 1 aliphatic heterocycles. The second kappa shape index (κ2) is 5.30. The highest BCUT2D eigenvalue weighted by molar-refractivity contribution is 5.22. The lowest BCUT2D eigenvalue weighted by atomic mass is 10.0. The summed E-state index contributed by atoms with van der Waals surface area (Å²) in [4.78, 5) is 6.39. The van der Waals surface area contributed by atoms with Crippen molar-refractivity contribution in [3.63, 3.8) is 0 Å². The number of rotatable bonds is 3. The van der Waals surface area contributed by atoms with E-state index >= 15 is 0 Å². The van der Waals surface area contributed by atoms with E-state index in [0.29, 0.717) is 18.7 Å². The number of fused-ring (bicyclic) bond motifs is 1. The molecule has 0 saturated carbocycles. The smallest absolute Gasteiger partial charge is 0.126 e. The first-order valence-corrected chi connectivity index (χ1v) is 6.57. The van der Waals surface area contributed by atoms with Crippen molar-refractivity contribution in [3.05, 3.63) is 53.6 Å². The van der Waals surface area contributed by atoms with Gasteiger partial charge in [0.2, 0.25) is 0 Å². The van der Waals surface area contributed by atoms with Gasteiger partial charge in [0.25, 0.3) is 0 Å². The van der Waals surface area contributed by atoms with Crippen molar-refractivity contribution in [3.8, 4) is 0 Å². The van der Waals surface area contributed by atoms with Gasteiger partial charge in [0, 0.05) is 44.1 Å². The van der Waals surface area contributed by atoms with Crippen LogP contribution in [0.15, 0.2) is 30.6 Å². The van der Waals surface area contributed by atoms with E-state index in [1.165, 1.54) is 12.1 Å². The Morgan fingerprint density at radius 1 is 1.20 bits per heavy atom. The number of aromatic nitrogens is 2. The van der Waals surface area contributed by atoms with E-state index in [1.807, 2.05) is 6.20 Å². The molecule has 2 N–H and O–H groups in total. The maximum atomic E-state index is 13.4. The van der Waals surface area contributed by atoms with E-state index < -0.39 is 11.6 Å². The largest absolute Gasteiger partial charge is 0.333 e. The van der Waals surface area contributed by atoms with Crippen LogP contribution < -0.4 is 5.73 Å². The number of halogens is 2. The fourth-order valence-corrected chi connectivity index (χ4v) is 2.72. The van der Waals surface area contributed by atoms with Gasteiger partial charge >= 0.3 is 0 Å². The summed E-state index contributed by atoms with van der Waals surface area (Å²) in [5.74, 6) is -0.194. The lowest BCUT2D eigenvalue weighted by molar-refractivity contribution is 0.156. The molecule has 1 atom stereocenters. The zero-order valence-corrected chi connectivity index (χ0v) is 11.0.